The van der Waals surface area contributed by atoms with Gasteiger partial charge in [-0.25, -0.2) is 0 Å². The van der Waals surface area contributed by atoms with Crippen LogP contribution in [0, 0.1) is 13.8 Å². The van der Waals surface area contributed by atoms with E-state index in [9.17, 15) is 4.79 Å². The summed E-state index contributed by atoms with van der Waals surface area (Å²) < 4.78 is 3.22. The average molecular weight is 365 g/mol. The Kier molecular flexibility index (Phi) is 5.52. The van der Waals surface area contributed by atoms with Gasteiger partial charge in [0.05, 0.1) is 16.6 Å². The summed E-state index contributed by atoms with van der Waals surface area (Å²) in [6.07, 6.45) is 3.16. The number of rotatable bonds is 5. The molecular weight excluding hydrogens is 340 g/mol. The monoisotopic (exact) mass is 364 g/mol. The zero-order chi connectivity index (χ0) is 18.7. The first-order valence-corrected chi connectivity index (χ1v) is 9.70. The van der Waals surface area contributed by atoms with Gasteiger partial charge in [0.25, 0.3) is 5.91 Å². The van der Waals surface area contributed by atoms with Gasteiger partial charge in [-0.1, -0.05) is 48.6 Å². The van der Waals surface area contributed by atoms with Crippen molar-refractivity contribution < 1.29 is 4.79 Å². The van der Waals surface area contributed by atoms with Crippen LogP contribution in [0.15, 0.2) is 54.0 Å². The fourth-order valence-electron chi connectivity index (χ4n) is 2.96. The third kappa shape index (κ3) is 3.86. The summed E-state index contributed by atoms with van der Waals surface area (Å²) in [7, 11) is 0. The third-order valence-electron chi connectivity index (χ3n) is 4.61. The normalized spacial score (nSPS) is 11.9. The standard InChI is InChI=1S/C22H24N2OS/c1-5-11-24-19-10-9-17(6-2)13-20(19)26-22(24)23-21(25)14-18-8-7-15(3)16(4)12-18/h5,7-10,12-13H,1,6,11,14H2,2-4H3. The van der Waals surface area contributed by atoms with Crippen LogP contribution in [0.1, 0.15) is 29.2 Å². The second-order valence-corrected chi connectivity index (χ2v) is 7.55. The number of amides is 1. The SMILES string of the molecule is C=CCn1c(=NC(=O)Cc2ccc(C)c(C)c2)sc2cc(CC)ccc21. The maximum absolute atomic E-state index is 12.5. The third-order valence-corrected chi connectivity index (χ3v) is 5.66. The number of carbonyl (C=O) groups is 1. The average Bonchev–Trinajstić information content (AvgIpc) is 2.94. The summed E-state index contributed by atoms with van der Waals surface area (Å²) in [5.74, 6) is -0.117. The topological polar surface area (TPSA) is 34.4 Å². The van der Waals surface area contributed by atoms with E-state index < -0.39 is 0 Å². The zero-order valence-electron chi connectivity index (χ0n) is 15.6. The molecule has 0 atom stereocenters. The van der Waals surface area contributed by atoms with Crippen LogP contribution in [0.2, 0.25) is 0 Å². The lowest BCUT2D eigenvalue weighted by atomic mass is 10.0. The minimum Gasteiger partial charge on any atom is -0.313 e. The highest BCUT2D eigenvalue weighted by atomic mass is 32.1. The Labute approximate surface area is 158 Å². The highest BCUT2D eigenvalue weighted by molar-refractivity contribution is 7.16. The fraction of sp³-hybridized carbons (Fsp3) is 0.273. The number of thiazole rings is 1. The molecule has 0 spiro atoms. The van der Waals surface area contributed by atoms with Crippen molar-refractivity contribution in [3.05, 3.63) is 76.1 Å². The Bertz CT molecular complexity index is 1040. The highest BCUT2D eigenvalue weighted by Crippen LogP contribution is 2.20. The Balaban J connectivity index is 1.99. The number of allylic oxidation sites excluding steroid dienone is 1. The lowest BCUT2D eigenvalue weighted by molar-refractivity contribution is -0.117. The maximum atomic E-state index is 12.5. The summed E-state index contributed by atoms with van der Waals surface area (Å²) in [6.45, 7) is 10.8. The van der Waals surface area contributed by atoms with Crippen molar-refractivity contribution in [3.63, 3.8) is 0 Å². The van der Waals surface area contributed by atoms with Crippen molar-refractivity contribution in [2.45, 2.75) is 40.2 Å². The maximum Gasteiger partial charge on any atom is 0.252 e. The Morgan fingerprint density at radius 2 is 1.92 bits per heavy atom. The van der Waals surface area contributed by atoms with Crippen molar-refractivity contribution in [2.24, 2.45) is 4.99 Å². The second kappa shape index (κ2) is 7.83. The fourth-order valence-corrected chi connectivity index (χ4v) is 4.08. The van der Waals surface area contributed by atoms with Crippen molar-refractivity contribution in [2.75, 3.05) is 0 Å². The molecule has 134 valence electrons. The molecule has 0 aliphatic rings. The van der Waals surface area contributed by atoms with Gasteiger partial charge in [-0.2, -0.15) is 4.99 Å². The summed E-state index contributed by atoms with van der Waals surface area (Å²) >= 11 is 1.57. The molecule has 1 heterocycles. The van der Waals surface area contributed by atoms with E-state index in [-0.39, 0.29) is 5.91 Å². The molecule has 4 heteroatoms. The highest BCUT2D eigenvalue weighted by Gasteiger charge is 2.09. The van der Waals surface area contributed by atoms with E-state index in [2.05, 4.69) is 67.2 Å². The number of carbonyl (C=O) groups excluding carboxylic acids is 1. The molecule has 3 rings (SSSR count). The van der Waals surface area contributed by atoms with Gasteiger partial charge in [-0.05, 0) is 54.7 Å². The first-order valence-electron chi connectivity index (χ1n) is 8.88. The molecular formula is C22H24N2OS. The Morgan fingerprint density at radius 1 is 1.15 bits per heavy atom. The molecule has 1 amide bonds. The number of nitrogens with zero attached hydrogens (tertiary/aromatic N) is 2. The van der Waals surface area contributed by atoms with Gasteiger partial charge in [-0.3, -0.25) is 4.79 Å². The van der Waals surface area contributed by atoms with E-state index in [0.717, 1.165) is 27.0 Å². The lowest BCUT2D eigenvalue weighted by Gasteiger charge is -2.03. The predicted octanol–water partition coefficient (Wildman–Crippen LogP) is 4.74. The van der Waals surface area contributed by atoms with E-state index in [1.165, 1.54) is 16.7 Å². The second-order valence-electron chi connectivity index (χ2n) is 6.54. The number of hydrogen-bond acceptors (Lipinski definition) is 2. The van der Waals surface area contributed by atoms with E-state index in [0.29, 0.717) is 13.0 Å². The van der Waals surface area contributed by atoms with Crippen molar-refractivity contribution in [1.29, 1.82) is 0 Å². The summed E-state index contributed by atoms with van der Waals surface area (Å²) in [5, 5.41) is 0. The smallest absolute Gasteiger partial charge is 0.252 e. The van der Waals surface area contributed by atoms with Gasteiger partial charge < -0.3 is 4.57 Å². The molecule has 0 saturated carbocycles. The minimum atomic E-state index is -0.117. The number of benzene rings is 2. The first-order chi connectivity index (χ1) is 12.5. The molecule has 0 saturated heterocycles. The molecule has 0 unspecified atom stereocenters. The number of hydrogen-bond donors (Lipinski definition) is 0. The van der Waals surface area contributed by atoms with Crippen LogP contribution < -0.4 is 4.80 Å². The van der Waals surface area contributed by atoms with Crippen LogP contribution in [-0.2, 0) is 24.2 Å². The largest absolute Gasteiger partial charge is 0.313 e. The molecule has 1 aromatic heterocycles. The van der Waals surface area contributed by atoms with Gasteiger partial charge in [-0.15, -0.1) is 6.58 Å². The molecule has 0 aliphatic heterocycles. The molecule has 0 aliphatic carbocycles. The molecule has 2 aromatic carbocycles. The van der Waals surface area contributed by atoms with Crippen molar-refractivity contribution in [1.82, 2.24) is 4.57 Å². The van der Waals surface area contributed by atoms with Crippen LogP contribution in [0.5, 0.6) is 0 Å². The molecule has 3 nitrogen and oxygen atoms in total. The summed E-state index contributed by atoms with van der Waals surface area (Å²) in [6, 6.07) is 12.6. The quantitative estimate of drug-likeness (QED) is 0.602. The molecule has 0 bridgehead atoms. The number of aryl methyl sites for hydroxylation is 3. The van der Waals surface area contributed by atoms with Gasteiger partial charge in [0, 0.05) is 6.54 Å². The molecule has 3 aromatic rings. The number of aromatic nitrogens is 1. The van der Waals surface area contributed by atoms with Crippen molar-refractivity contribution >= 4 is 27.5 Å². The molecule has 0 radical (unpaired) electrons. The Morgan fingerprint density at radius 3 is 2.62 bits per heavy atom. The van der Waals surface area contributed by atoms with E-state index in [1.54, 1.807) is 11.3 Å². The van der Waals surface area contributed by atoms with E-state index in [1.807, 2.05) is 12.1 Å². The van der Waals surface area contributed by atoms with Crippen LogP contribution in [0.25, 0.3) is 10.2 Å². The predicted molar refractivity (Wildman–Crippen MR) is 110 cm³/mol. The summed E-state index contributed by atoms with van der Waals surface area (Å²) in [5.41, 5.74) is 5.83. The van der Waals surface area contributed by atoms with Crippen LogP contribution in [0.4, 0.5) is 0 Å². The van der Waals surface area contributed by atoms with Crippen LogP contribution in [-0.4, -0.2) is 10.5 Å². The Hall–Kier alpha value is -2.46. The summed E-state index contributed by atoms with van der Waals surface area (Å²) in [4.78, 5) is 17.7. The van der Waals surface area contributed by atoms with Crippen LogP contribution in [0.3, 0.4) is 0 Å². The lowest BCUT2D eigenvalue weighted by Crippen LogP contribution is -2.17. The van der Waals surface area contributed by atoms with Gasteiger partial charge in [0.1, 0.15) is 0 Å². The van der Waals surface area contributed by atoms with E-state index >= 15 is 0 Å². The molecule has 0 N–H and O–H groups in total. The minimum absolute atomic E-state index is 0.117. The first kappa shape index (κ1) is 18.3. The zero-order valence-corrected chi connectivity index (χ0v) is 16.4. The van der Waals surface area contributed by atoms with Crippen LogP contribution >= 0.6 is 11.3 Å². The number of fused-ring (bicyclic) bond motifs is 1. The van der Waals surface area contributed by atoms with Gasteiger partial charge in [0.15, 0.2) is 4.80 Å². The molecule has 26 heavy (non-hydrogen) atoms. The van der Waals surface area contributed by atoms with Gasteiger partial charge in [0.2, 0.25) is 0 Å². The van der Waals surface area contributed by atoms with E-state index in [4.69, 9.17) is 0 Å². The van der Waals surface area contributed by atoms with Gasteiger partial charge >= 0.3 is 0 Å². The van der Waals surface area contributed by atoms with Crippen molar-refractivity contribution in [3.8, 4) is 0 Å². The molecule has 0 fully saturated rings.